The van der Waals surface area contributed by atoms with E-state index in [0.717, 1.165) is 0 Å². The Morgan fingerprint density at radius 3 is 1.29 bits per heavy atom. The Kier molecular flexibility index (Phi) is 35.7. The van der Waals surface area contributed by atoms with Crippen LogP contribution in [-0.4, -0.2) is 0 Å². The standard InChI is InChI=1S/2ClH.2H2OP.Zr/c;;2*1-2;/h2*1H;2*2H2;/q;;2*+1;-2. The van der Waals surface area contributed by atoms with Crippen LogP contribution in [0, 0.1) is 0 Å². The van der Waals surface area contributed by atoms with Gasteiger partial charge in [0.2, 0.25) is 0 Å². The van der Waals surface area contributed by atoms with Crippen molar-refractivity contribution < 1.29 is 31.2 Å². The molecule has 0 bridgehead atoms. The molecule has 0 saturated carbocycles. The van der Waals surface area contributed by atoms with Crippen LogP contribution >= 0.6 is 36.3 Å². The third-order valence-corrected chi connectivity index (χ3v) is 7.25. The van der Waals surface area contributed by atoms with Crippen LogP contribution in [0.25, 0.3) is 0 Å². The van der Waals surface area contributed by atoms with E-state index in [4.69, 9.17) is 0 Å². The first-order chi connectivity index (χ1) is 2.41. The van der Waals surface area contributed by atoms with Crippen molar-refractivity contribution in [3.8, 4) is 0 Å². The topological polar surface area (TPSA) is 34.1 Å². The van der Waals surface area contributed by atoms with Crippen LogP contribution in [0.4, 0.5) is 0 Å². The molecule has 0 aromatic rings. The number of hydrogen-bond donors (Lipinski definition) is 0. The second-order valence-corrected chi connectivity index (χ2v) is 13.1. The second kappa shape index (κ2) is 15.7. The SMILES string of the molecule is Cl.Cl.O=[PH2][Zr][PH2]=O. The zero-order valence-electron chi connectivity index (χ0n) is 3.29. The molecule has 0 aromatic heterocycles. The molecule has 0 rings (SSSR count). The molecule has 2 nitrogen and oxygen atoms in total. The van der Waals surface area contributed by atoms with Gasteiger partial charge in [-0.15, -0.1) is 24.8 Å². The van der Waals surface area contributed by atoms with Crippen molar-refractivity contribution in [2.45, 2.75) is 0 Å². The minimum absolute atomic E-state index is 0. The summed E-state index contributed by atoms with van der Waals surface area (Å²) in [4.78, 5) is 0. The summed E-state index contributed by atoms with van der Waals surface area (Å²) in [6, 6.07) is 0. The molecule has 0 N–H and O–H groups in total. The molecule has 0 aliphatic carbocycles. The van der Waals surface area contributed by atoms with Gasteiger partial charge in [-0.25, -0.2) is 0 Å². The predicted octanol–water partition coefficient (Wildman–Crippen LogP) is 1.26. The van der Waals surface area contributed by atoms with Crippen molar-refractivity contribution in [2.75, 3.05) is 0 Å². The van der Waals surface area contributed by atoms with E-state index in [1.54, 1.807) is 0 Å². The molecule has 0 amide bonds. The summed E-state index contributed by atoms with van der Waals surface area (Å²) in [6.45, 7) is 0. The quantitative estimate of drug-likeness (QED) is 0.702. The van der Waals surface area contributed by atoms with E-state index in [2.05, 4.69) is 0 Å². The van der Waals surface area contributed by atoms with Crippen molar-refractivity contribution in [3.63, 3.8) is 0 Å². The van der Waals surface area contributed by atoms with Gasteiger partial charge in [0.05, 0.1) is 0 Å². The first kappa shape index (κ1) is 16.0. The summed E-state index contributed by atoms with van der Waals surface area (Å²) in [5.74, 6) is -1.14. The van der Waals surface area contributed by atoms with Gasteiger partial charge in [0, 0.05) is 0 Å². The van der Waals surface area contributed by atoms with Gasteiger partial charge in [0.1, 0.15) is 0 Å². The molecular weight excluding hydrogens is 256 g/mol. The van der Waals surface area contributed by atoms with Crippen molar-refractivity contribution in [3.05, 3.63) is 0 Å². The summed E-state index contributed by atoms with van der Waals surface area (Å²) in [5.41, 5.74) is 0. The maximum absolute atomic E-state index is 9.51. The van der Waals surface area contributed by atoms with E-state index in [0.29, 0.717) is 0 Å². The van der Waals surface area contributed by atoms with Gasteiger partial charge in [-0.1, -0.05) is 0 Å². The average Bonchev–Trinajstić information content (AvgIpc) is 1.41. The molecule has 46 valence electrons. The Hall–Kier alpha value is 1.92. The van der Waals surface area contributed by atoms with Gasteiger partial charge in [0.15, 0.2) is 0 Å². The van der Waals surface area contributed by atoms with Crippen LogP contribution in [0.1, 0.15) is 0 Å². The Labute approximate surface area is 67.1 Å². The van der Waals surface area contributed by atoms with Gasteiger partial charge in [-0.05, 0) is 0 Å². The zero-order valence-corrected chi connectivity index (χ0v) is 9.69. The van der Waals surface area contributed by atoms with Crippen LogP contribution < -0.4 is 0 Å². The third kappa shape index (κ3) is 18.1. The number of halogens is 2. The Balaban J connectivity index is -0.0000000800. The Morgan fingerprint density at radius 1 is 1.00 bits per heavy atom. The van der Waals surface area contributed by atoms with E-state index in [9.17, 15) is 9.13 Å². The Morgan fingerprint density at radius 2 is 1.29 bits per heavy atom. The molecule has 2 atom stereocenters. The molecule has 0 aliphatic heterocycles. The number of hydrogen-bond acceptors (Lipinski definition) is 2. The second-order valence-electron chi connectivity index (χ2n) is 0.402. The average molecular weight is 262 g/mol. The normalized spacial score (nSPS) is 8.57. The first-order valence-corrected chi connectivity index (χ1v) is 11.7. The first-order valence-electron chi connectivity index (χ1n) is 1.05. The van der Waals surface area contributed by atoms with Gasteiger partial charge in [-0.3, -0.25) is 0 Å². The van der Waals surface area contributed by atoms with E-state index in [1.807, 2.05) is 0 Å². The van der Waals surface area contributed by atoms with Gasteiger partial charge >= 0.3 is 42.7 Å². The third-order valence-electron chi connectivity index (χ3n) is 0.136. The molecule has 7 heteroatoms. The van der Waals surface area contributed by atoms with E-state index in [-0.39, 0.29) is 24.8 Å². The maximum atomic E-state index is 9.51. The van der Waals surface area contributed by atoms with E-state index in [1.165, 1.54) is 0 Å². The summed E-state index contributed by atoms with van der Waals surface area (Å²) in [6.07, 6.45) is 0. The summed E-state index contributed by atoms with van der Waals surface area (Å²) in [5, 5.41) is 0. The molecule has 0 aliphatic rings. The zero-order chi connectivity index (χ0) is 4.12. The molecule has 0 aromatic carbocycles. The van der Waals surface area contributed by atoms with Crippen LogP contribution in [0.2, 0.25) is 0 Å². The molecular formula is H6Cl2O2P2Zr. The van der Waals surface area contributed by atoms with E-state index < -0.39 is 33.6 Å². The van der Waals surface area contributed by atoms with Crippen LogP contribution in [0.15, 0.2) is 0 Å². The molecule has 0 fully saturated rings. The fraction of sp³-hybridized carbons (Fsp3) is 0. The molecule has 0 radical (unpaired) electrons. The van der Waals surface area contributed by atoms with Crippen molar-refractivity contribution in [1.29, 1.82) is 0 Å². The number of rotatable bonds is 2. The predicted molar refractivity (Wildman–Crippen MR) is 35.3 cm³/mol. The monoisotopic (exact) mass is 260 g/mol. The minimum atomic E-state index is -0.727. The Bertz CT molecular complexity index is 43.0. The molecule has 0 saturated heterocycles. The summed E-state index contributed by atoms with van der Waals surface area (Å²) < 4.78 is 19.0. The van der Waals surface area contributed by atoms with Crippen LogP contribution in [0.3, 0.4) is 0 Å². The van der Waals surface area contributed by atoms with Crippen molar-refractivity contribution in [2.24, 2.45) is 0 Å². The molecule has 7 heavy (non-hydrogen) atoms. The fourth-order valence-electron chi connectivity index (χ4n) is 0.0278. The van der Waals surface area contributed by atoms with E-state index >= 15 is 0 Å². The van der Waals surface area contributed by atoms with Crippen molar-refractivity contribution in [1.82, 2.24) is 0 Å². The molecule has 2 unspecified atom stereocenters. The molecule has 0 heterocycles. The van der Waals surface area contributed by atoms with Crippen molar-refractivity contribution >= 4 is 36.3 Å². The van der Waals surface area contributed by atoms with Gasteiger partial charge < -0.3 is 0 Å². The fourth-order valence-corrected chi connectivity index (χ4v) is 1.48. The molecule has 0 spiro atoms. The van der Waals surface area contributed by atoms with Gasteiger partial charge in [-0.2, -0.15) is 0 Å². The van der Waals surface area contributed by atoms with Gasteiger partial charge in [0.25, 0.3) is 0 Å². The van der Waals surface area contributed by atoms with Crippen LogP contribution in [-0.2, 0) is 31.2 Å². The summed E-state index contributed by atoms with van der Waals surface area (Å²) >= 11 is -0.727. The summed E-state index contributed by atoms with van der Waals surface area (Å²) in [7, 11) is 0. The van der Waals surface area contributed by atoms with Crippen LogP contribution in [0.5, 0.6) is 0 Å².